The van der Waals surface area contributed by atoms with Crippen LogP contribution in [0.3, 0.4) is 0 Å². The maximum absolute atomic E-state index is 11.3. The first-order chi connectivity index (χ1) is 8.50. The average molecular weight is 270 g/mol. The molecule has 1 aromatic carbocycles. The first kappa shape index (κ1) is 13.3. The summed E-state index contributed by atoms with van der Waals surface area (Å²) in [6, 6.07) is 6.99. The van der Waals surface area contributed by atoms with E-state index in [1.54, 1.807) is 31.4 Å². The molecule has 1 fully saturated rings. The van der Waals surface area contributed by atoms with Crippen molar-refractivity contribution >= 4 is 15.5 Å². The van der Waals surface area contributed by atoms with Crippen LogP contribution in [0, 0.1) is 0 Å². The van der Waals surface area contributed by atoms with Gasteiger partial charge in [-0.1, -0.05) is 0 Å². The zero-order valence-electron chi connectivity index (χ0n) is 10.5. The summed E-state index contributed by atoms with van der Waals surface area (Å²) < 4.78 is 28.0. The minimum Gasteiger partial charge on any atom is -0.378 e. The molecular weight excluding hydrogens is 252 g/mol. The number of anilines is 1. The standard InChI is InChI=1S/C12H18N2O3S/c1-17-12-8-13-7-11(12)14-9-3-5-10(6-4-9)18(2,15)16/h3-6,11-14H,7-8H2,1-2H3/t11?,12-/m0/s1. The van der Waals surface area contributed by atoms with Crippen LogP contribution in [0.2, 0.25) is 0 Å². The second-order valence-corrected chi connectivity index (χ2v) is 6.50. The summed E-state index contributed by atoms with van der Waals surface area (Å²) in [5, 5.41) is 6.58. The molecule has 0 saturated carbocycles. The van der Waals surface area contributed by atoms with Gasteiger partial charge in [0.2, 0.25) is 0 Å². The van der Waals surface area contributed by atoms with Crippen LogP contribution in [0.15, 0.2) is 29.2 Å². The molecule has 1 aromatic rings. The fourth-order valence-electron chi connectivity index (χ4n) is 2.06. The summed E-state index contributed by atoms with van der Waals surface area (Å²) in [5.41, 5.74) is 0.901. The van der Waals surface area contributed by atoms with E-state index in [9.17, 15) is 8.42 Å². The number of benzene rings is 1. The van der Waals surface area contributed by atoms with Crippen LogP contribution < -0.4 is 10.6 Å². The predicted molar refractivity (Wildman–Crippen MR) is 70.6 cm³/mol. The Balaban J connectivity index is 2.07. The maximum atomic E-state index is 11.3. The van der Waals surface area contributed by atoms with Gasteiger partial charge in [0, 0.05) is 32.1 Å². The van der Waals surface area contributed by atoms with Crippen LogP contribution in [0.1, 0.15) is 0 Å². The van der Waals surface area contributed by atoms with Crippen molar-refractivity contribution in [1.82, 2.24) is 5.32 Å². The molecule has 1 aliphatic rings. The third-order valence-corrected chi connectivity index (χ3v) is 4.22. The van der Waals surface area contributed by atoms with E-state index in [1.807, 2.05) is 0 Å². The maximum Gasteiger partial charge on any atom is 0.175 e. The summed E-state index contributed by atoms with van der Waals surface area (Å²) in [7, 11) is -1.43. The molecule has 1 heterocycles. The molecule has 18 heavy (non-hydrogen) atoms. The molecule has 1 aliphatic heterocycles. The molecule has 2 atom stereocenters. The molecule has 2 rings (SSSR count). The SMILES string of the molecule is CO[C@H]1CNCC1Nc1ccc(S(C)(=O)=O)cc1. The fourth-order valence-corrected chi connectivity index (χ4v) is 2.69. The van der Waals surface area contributed by atoms with E-state index in [-0.39, 0.29) is 12.1 Å². The van der Waals surface area contributed by atoms with Crippen molar-refractivity contribution in [2.24, 2.45) is 0 Å². The molecule has 1 saturated heterocycles. The van der Waals surface area contributed by atoms with Gasteiger partial charge in [-0.3, -0.25) is 0 Å². The monoisotopic (exact) mass is 270 g/mol. The molecule has 2 N–H and O–H groups in total. The van der Waals surface area contributed by atoms with Crippen LogP contribution in [0.5, 0.6) is 0 Å². The molecule has 6 heteroatoms. The minimum absolute atomic E-state index is 0.139. The molecule has 5 nitrogen and oxygen atoms in total. The smallest absolute Gasteiger partial charge is 0.175 e. The number of nitrogens with one attached hydrogen (secondary N) is 2. The van der Waals surface area contributed by atoms with Crippen LogP contribution >= 0.6 is 0 Å². The van der Waals surface area contributed by atoms with Gasteiger partial charge in [-0.2, -0.15) is 0 Å². The highest BCUT2D eigenvalue weighted by atomic mass is 32.2. The van der Waals surface area contributed by atoms with Crippen molar-refractivity contribution in [2.45, 2.75) is 17.0 Å². The van der Waals surface area contributed by atoms with Crippen LogP contribution in [0.4, 0.5) is 5.69 Å². The Bertz CT molecular complexity index is 499. The van der Waals surface area contributed by atoms with Crippen molar-refractivity contribution in [3.8, 4) is 0 Å². The molecular formula is C12H18N2O3S. The van der Waals surface area contributed by atoms with Gasteiger partial charge in [0.05, 0.1) is 17.0 Å². The Morgan fingerprint density at radius 1 is 1.28 bits per heavy atom. The Hall–Kier alpha value is -1.11. The van der Waals surface area contributed by atoms with E-state index in [1.165, 1.54) is 6.26 Å². The highest BCUT2D eigenvalue weighted by molar-refractivity contribution is 7.90. The normalized spacial score (nSPS) is 24.1. The van der Waals surface area contributed by atoms with E-state index in [0.717, 1.165) is 18.8 Å². The number of hydrogen-bond acceptors (Lipinski definition) is 5. The molecule has 0 spiro atoms. The van der Waals surface area contributed by atoms with Crippen molar-refractivity contribution in [3.05, 3.63) is 24.3 Å². The molecule has 100 valence electrons. The molecule has 0 aromatic heterocycles. The van der Waals surface area contributed by atoms with Gasteiger partial charge in [0.25, 0.3) is 0 Å². The highest BCUT2D eigenvalue weighted by Gasteiger charge is 2.26. The van der Waals surface area contributed by atoms with Crippen molar-refractivity contribution < 1.29 is 13.2 Å². The first-order valence-electron chi connectivity index (χ1n) is 5.81. The quantitative estimate of drug-likeness (QED) is 0.833. The fraction of sp³-hybridized carbons (Fsp3) is 0.500. The van der Waals surface area contributed by atoms with Crippen molar-refractivity contribution in [2.75, 3.05) is 31.8 Å². The molecule has 0 bridgehead atoms. The van der Waals surface area contributed by atoms with E-state index < -0.39 is 9.84 Å². The van der Waals surface area contributed by atoms with Gasteiger partial charge in [-0.25, -0.2) is 8.42 Å². The molecule has 0 aliphatic carbocycles. The van der Waals surface area contributed by atoms with Gasteiger partial charge in [0.1, 0.15) is 0 Å². The van der Waals surface area contributed by atoms with Gasteiger partial charge in [-0.05, 0) is 24.3 Å². The third kappa shape index (κ3) is 3.01. The zero-order valence-corrected chi connectivity index (χ0v) is 11.3. The lowest BCUT2D eigenvalue weighted by atomic mass is 10.2. The summed E-state index contributed by atoms with van der Waals surface area (Å²) in [6.45, 7) is 1.67. The average Bonchev–Trinajstić information content (AvgIpc) is 2.76. The summed E-state index contributed by atoms with van der Waals surface area (Å²) in [4.78, 5) is 0.334. The second kappa shape index (κ2) is 5.26. The number of methoxy groups -OCH3 is 1. The van der Waals surface area contributed by atoms with E-state index in [0.29, 0.717) is 4.90 Å². The zero-order chi connectivity index (χ0) is 13.2. The molecule has 0 radical (unpaired) electrons. The van der Waals surface area contributed by atoms with Crippen LogP contribution in [0.25, 0.3) is 0 Å². The topological polar surface area (TPSA) is 67.4 Å². The molecule has 1 unspecified atom stereocenters. The van der Waals surface area contributed by atoms with Gasteiger partial charge in [0.15, 0.2) is 9.84 Å². The van der Waals surface area contributed by atoms with Gasteiger partial charge in [-0.15, -0.1) is 0 Å². The van der Waals surface area contributed by atoms with Crippen LogP contribution in [-0.4, -0.2) is 47.0 Å². The van der Waals surface area contributed by atoms with Crippen LogP contribution in [-0.2, 0) is 14.6 Å². The Kier molecular flexibility index (Phi) is 3.89. The third-order valence-electron chi connectivity index (χ3n) is 3.10. The van der Waals surface area contributed by atoms with E-state index >= 15 is 0 Å². The van der Waals surface area contributed by atoms with E-state index in [2.05, 4.69) is 10.6 Å². The number of sulfone groups is 1. The van der Waals surface area contributed by atoms with Gasteiger partial charge < -0.3 is 15.4 Å². The second-order valence-electron chi connectivity index (χ2n) is 4.48. The summed E-state index contributed by atoms with van der Waals surface area (Å²) in [6.07, 6.45) is 1.34. The Morgan fingerprint density at radius 2 is 1.94 bits per heavy atom. The summed E-state index contributed by atoms with van der Waals surface area (Å²) >= 11 is 0. The van der Waals surface area contributed by atoms with Crippen molar-refractivity contribution in [1.29, 1.82) is 0 Å². The predicted octanol–water partition coefficient (Wildman–Crippen LogP) is 0.489. The minimum atomic E-state index is -3.13. The largest absolute Gasteiger partial charge is 0.378 e. The lowest BCUT2D eigenvalue weighted by Gasteiger charge is -2.19. The number of ether oxygens (including phenoxy) is 1. The van der Waals surface area contributed by atoms with Crippen molar-refractivity contribution in [3.63, 3.8) is 0 Å². The lowest BCUT2D eigenvalue weighted by molar-refractivity contribution is 0.111. The number of rotatable bonds is 4. The first-order valence-corrected chi connectivity index (χ1v) is 7.70. The number of hydrogen-bond donors (Lipinski definition) is 2. The molecule has 0 amide bonds. The highest BCUT2D eigenvalue weighted by Crippen LogP contribution is 2.17. The van der Waals surface area contributed by atoms with E-state index in [4.69, 9.17) is 4.74 Å². The summed E-state index contributed by atoms with van der Waals surface area (Å²) in [5.74, 6) is 0. The Labute approximate surface area is 107 Å². The lowest BCUT2D eigenvalue weighted by Crippen LogP contribution is -2.33. The van der Waals surface area contributed by atoms with Gasteiger partial charge >= 0.3 is 0 Å². The Morgan fingerprint density at radius 3 is 2.50 bits per heavy atom.